The predicted octanol–water partition coefficient (Wildman–Crippen LogP) is 3.61. The first-order valence-electron chi connectivity index (χ1n) is 10.4. The lowest BCUT2D eigenvalue weighted by molar-refractivity contribution is -0.119. The fourth-order valence-corrected chi connectivity index (χ4v) is 3.85. The number of phenolic OH excluding ortho intramolecular Hbond substituents is 1. The van der Waals surface area contributed by atoms with Crippen molar-refractivity contribution < 1.29 is 14.7 Å². The number of ketones is 1. The monoisotopic (exact) mass is 422 g/mol. The van der Waals surface area contributed by atoms with E-state index < -0.39 is 11.5 Å². The number of Topliss-reactive ketones (excluding diaryl/α,β-unsaturated/α-hetero) is 1. The zero-order valence-electron chi connectivity index (χ0n) is 19.0. The number of phenols is 1. The lowest BCUT2D eigenvalue weighted by Gasteiger charge is -2.26. The van der Waals surface area contributed by atoms with Gasteiger partial charge in [0.05, 0.1) is 12.6 Å². The van der Waals surface area contributed by atoms with Crippen LogP contribution in [0.1, 0.15) is 79.1 Å². The smallest absolute Gasteiger partial charge is 0.217 e. The van der Waals surface area contributed by atoms with E-state index in [1.165, 1.54) is 6.92 Å². The highest BCUT2D eigenvalue weighted by molar-refractivity contribution is 6.04. The number of benzene rings is 1. The van der Waals surface area contributed by atoms with E-state index >= 15 is 0 Å². The molecule has 2 heterocycles. The number of nitrogens with one attached hydrogen (secondary N) is 2. The van der Waals surface area contributed by atoms with E-state index in [9.17, 15) is 14.7 Å². The van der Waals surface area contributed by atoms with E-state index in [1.54, 1.807) is 24.0 Å². The maximum atomic E-state index is 13.2. The molecule has 0 saturated heterocycles. The summed E-state index contributed by atoms with van der Waals surface area (Å²) in [4.78, 5) is 30.9. The molecule has 164 valence electrons. The molecule has 0 bridgehead atoms. The van der Waals surface area contributed by atoms with Gasteiger partial charge in [-0.15, -0.1) is 0 Å². The summed E-state index contributed by atoms with van der Waals surface area (Å²) >= 11 is 0. The molecule has 0 fully saturated rings. The Balaban J connectivity index is 1.93. The SMILES string of the molecule is CC(=O)NC(C)c1cc(C(=O)CN2Cc3ccc(C)nc3C2=N)cc(C(C)(C)C)c1O. The average Bonchev–Trinajstić information content (AvgIpc) is 2.95. The molecule has 1 unspecified atom stereocenters. The summed E-state index contributed by atoms with van der Waals surface area (Å²) in [5.41, 5.74) is 3.58. The second-order valence-electron chi connectivity index (χ2n) is 9.22. The highest BCUT2D eigenvalue weighted by atomic mass is 16.3. The van der Waals surface area contributed by atoms with Crippen LogP contribution in [0.2, 0.25) is 0 Å². The van der Waals surface area contributed by atoms with Gasteiger partial charge in [-0.1, -0.05) is 26.8 Å². The Morgan fingerprint density at radius 1 is 1.29 bits per heavy atom. The standard InChI is InChI=1S/C24H30N4O3/c1-13-7-8-16-11-28(23(25)21(16)26-13)12-20(30)17-9-18(14(2)27-15(3)29)22(31)19(10-17)24(4,5)6/h7-10,14,25,31H,11-12H2,1-6H3,(H,27,29). The zero-order chi connectivity index (χ0) is 23.1. The first-order valence-corrected chi connectivity index (χ1v) is 10.4. The molecule has 31 heavy (non-hydrogen) atoms. The molecular formula is C24H30N4O3. The number of carbonyl (C=O) groups is 2. The van der Waals surface area contributed by atoms with Crippen molar-refractivity contribution in [1.29, 1.82) is 5.41 Å². The maximum absolute atomic E-state index is 13.2. The third-order valence-electron chi connectivity index (χ3n) is 5.51. The first-order chi connectivity index (χ1) is 14.4. The first kappa shape index (κ1) is 22.5. The van der Waals surface area contributed by atoms with Crippen molar-refractivity contribution in [2.24, 2.45) is 0 Å². The Morgan fingerprint density at radius 3 is 2.58 bits per heavy atom. The Bertz CT molecular complexity index is 1070. The van der Waals surface area contributed by atoms with Crippen LogP contribution in [0.25, 0.3) is 0 Å². The third-order valence-corrected chi connectivity index (χ3v) is 5.51. The average molecular weight is 423 g/mol. The van der Waals surface area contributed by atoms with Gasteiger partial charge in [-0.05, 0) is 37.5 Å². The summed E-state index contributed by atoms with van der Waals surface area (Å²) in [7, 11) is 0. The number of aromatic nitrogens is 1. The fourth-order valence-electron chi connectivity index (χ4n) is 3.85. The summed E-state index contributed by atoms with van der Waals surface area (Å²) in [5, 5.41) is 22.1. The highest BCUT2D eigenvalue weighted by Crippen LogP contribution is 2.37. The molecule has 7 heteroatoms. The molecule has 1 aliphatic rings. The van der Waals surface area contributed by atoms with E-state index in [-0.39, 0.29) is 29.8 Å². The molecule has 1 aliphatic heterocycles. The second kappa shape index (κ2) is 8.13. The lowest BCUT2D eigenvalue weighted by Crippen LogP contribution is -2.31. The van der Waals surface area contributed by atoms with Crippen molar-refractivity contribution in [2.45, 2.75) is 59.5 Å². The van der Waals surface area contributed by atoms with Gasteiger partial charge in [-0.2, -0.15) is 0 Å². The fraction of sp³-hybridized carbons (Fsp3) is 0.417. The van der Waals surface area contributed by atoms with E-state index in [2.05, 4.69) is 10.3 Å². The summed E-state index contributed by atoms with van der Waals surface area (Å²) < 4.78 is 0. The number of nitrogens with zero attached hydrogens (tertiary/aromatic N) is 2. The summed E-state index contributed by atoms with van der Waals surface area (Å²) in [6.07, 6.45) is 0. The van der Waals surface area contributed by atoms with Gasteiger partial charge in [0.1, 0.15) is 17.3 Å². The van der Waals surface area contributed by atoms with Gasteiger partial charge in [0.15, 0.2) is 5.78 Å². The van der Waals surface area contributed by atoms with Crippen molar-refractivity contribution in [3.05, 3.63) is 57.9 Å². The number of carbonyl (C=O) groups excluding carboxylic acids is 2. The van der Waals surface area contributed by atoms with Crippen LogP contribution in [-0.2, 0) is 16.8 Å². The highest BCUT2D eigenvalue weighted by Gasteiger charge is 2.29. The van der Waals surface area contributed by atoms with Gasteiger partial charge < -0.3 is 15.3 Å². The number of hydrogen-bond donors (Lipinski definition) is 3. The Labute approximate surface area is 183 Å². The van der Waals surface area contributed by atoms with Crippen molar-refractivity contribution in [1.82, 2.24) is 15.2 Å². The Hall–Kier alpha value is -3.22. The number of amides is 1. The van der Waals surface area contributed by atoms with Crippen molar-refractivity contribution in [3.63, 3.8) is 0 Å². The molecule has 3 N–H and O–H groups in total. The topological polar surface area (TPSA) is 106 Å². The molecule has 0 radical (unpaired) electrons. The molecule has 1 amide bonds. The van der Waals surface area contributed by atoms with Crippen LogP contribution >= 0.6 is 0 Å². The third kappa shape index (κ3) is 4.60. The van der Waals surface area contributed by atoms with Gasteiger partial charge in [0, 0.05) is 41.4 Å². The Morgan fingerprint density at radius 2 is 1.97 bits per heavy atom. The van der Waals surface area contributed by atoms with Crippen LogP contribution in [0.5, 0.6) is 5.75 Å². The van der Waals surface area contributed by atoms with Gasteiger partial charge in [-0.3, -0.25) is 15.0 Å². The van der Waals surface area contributed by atoms with E-state index in [0.717, 1.165) is 11.3 Å². The second-order valence-corrected chi connectivity index (χ2v) is 9.22. The lowest BCUT2D eigenvalue weighted by atomic mass is 9.82. The van der Waals surface area contributed by atoms with Crippen LogP contribution in [0.15, 0.2) is 24.3 Å². The predicted molar refractivity (Wildman–Crippen MR) is 120 cm³/mol. The molecule has 2 aromatic rings. The van der Waals surface area contributed by atoms with Crippen LogP contribution in [0, 0.1) is 12.3 Å². The molecule has 0 saturated carbocycles. The normalized spacial score (nSPS) is 14.4. The minimum atomic E-state index is -0.451. The van der Waals surface area contributed by atoms with Gasteiger partial charge >= 0.3 is 0 Å². The number of fused-ring (bicyclic) bond motifs is 1. The van der Waals surface area contributed by atoms with Crippen LogP contribution in [0.4, 0.5) is 0 Å². The number of hydrogen-bond acceptors (Lipinski definition) is 5. The maximum Gasteiger partial charge on any atom is 0.217 e. The molecule has 0 spiro atoms. The Kier molecular flexibility index (Phi) is 5.89. The largest absolute Gasteiger partial charge is 0.507 e. The number of amidine groups is 1. The number of pyridine rings is 1. The van der Waals surface area contributed by atoms with E-state index in [0.29, 0.717) is 28.9 Å². The molecule has 7 nitrogen and oxygen atoms in total. The van der Waals surface area contributed by atoms with Crippen LogP contribution < -0.4 is 5.32 Å². The quantitative estimate of drug-likeness (QED) is 0.638. The van der Waals surface area contributed by atoms with Gasteiger partial charge in [-0.25, -0.2) is 4.98 Å². The van der Waals surface area contributed by atoms with Crippen LogP contribution in [-0.4, -0.2) is 39.1 Å². The number of rotatable bonds is 5. The van der Waals surface area contributed by atoms with Crippen LogP contribution in [0.3, 0.4) is 0 Å². The van der Waals surface area contributed by atoms with Crippen molar-refractivity contribution in [3.8, 4) is 5.75 Å². The summed E-state index contributed by atoms with van der Waals surface area (Å²) in [6, 6.07) is 6.76. The number of aryl methyl sites for hydroxylation is 1. The molecule has 0 aliphatic carbocycles. The van der Waals surface area contributed by atoms with E-state index in [4.69, 9.17) is 5.41 Å². The summed E-state index contributed by atoms with van der Waals surface area (Å²) in [5.74, 6) is -0.0388. The molecule has 3 rings (SSSR count). The van der Waals surface area contributed by atoms with Crippen molar-refractivity contribution in [2.75, 3.05) is 6.54 Å². The molecule has 1 atom stereocenters. The number of aromatic hydroxyl groups is 1. The zero-order valence-corrected chi connectivity index (χ0v) is 19.0. The molecule has 1 aromatic carbocycles. The summed E-state index contributed by atoms with van der Waals surface area (Å²) in [6.45, 7) is 11.5. The van der Waals surface area contributed by atoms with Gasteiger partial charge in [0.2, 0.25) is 5.91 Å². The van der Waals surface area contributed by atoms with E-state index in [1.807, 2.05) is 39.8 Å². The van der Waals surface area contributed by atoms with Crippen molar-refractivity contribution >= 4 is 17.5 Å². The molecular weight excluding hydrogens is 392 g/mol. The van der Waals surface area contributed by atoms with Gasteiger partial charge in [0.25, 0.3) is 0 Å². The minimum Gasteiger partial charge on any atom is -0.507 e. The molecule has 1 aromatic heterocycles. The minimum absolute atomic E-state index is 0.0383.